The zero-order valence-corrected chi connectivity index (χ0v) is 17.3. The number of nitrogens with one attached hydrogen (secondary N) is 1. The van der Waals surface area contributed by atoms with E-state index in [4.69, 9.17) is 14.2 Å². The Morgan fingerprint density at radius 1 is 1.14 bits per heavy atom. The Hall–Kier alpha value is -2.28. The molecule has 0 bridgehead atoms. The summed E-state index contributed by atoms with van der Waals surface area (Å²) < 4.78 is 16.9. The van der Waals surface area contributed by atoms with Gasteiger partial charge >= 0.3 is 0 Å². The Labute approximate surface area is 172 Å². The van der Waals surface area contributed by atoms with E-state index in [2.05, 4.69) is 5.32 Å². The van der Waals surface area contributed by atoms with Gasteiger partial charge in [-0.15, -0.1) is 0 Å². The van der Waals surface area contributed by atoms with Gasteiger partial charge < -0.3 is 24.4 Å². The van der Waals surface area contributed by atoms with Crippen LogP contribution in [0.3, 0.4) is 0 Å². The number of likely N-dealkylation sites (tertiary alicyclic amines) is 1. The second-order valence-corrected chi connectivity index (χ2v) is 7.50. The second kappa shape index (κ2) is 11.0. The standard InChI is InChI=1S/C22H32N2O5/c1-2-27-20-15-17(22(26)23-11-10-18-7-6-14-28-18)8-9-19(20)29-16-21(25)24-12-4-3-5-13-24/h8-9,15,18H,2-7,10-14,16H2,1H3,(H,23,26). The largest absolute Gasteiger partial charge is 0.490 e. The summed E-state index contributed by atoms with van der Waals surface area (Å²) in [5, 5.41) is 2.93. The van der Waals surface area contributed by atoms with E-state index in [1.54, 1.807) is 18.2 Å². The maximum Gasteiger partial charge on any atom is 0.260 e. The zero-order chi connectivity index (χ0) is 20.5. The average molecular weight is 405 g/mol. The first-order valence-electron chi connectivity index (χ1n) is 10.7. The van der Waals surface area contributed by atoms with Gasteiger partial charge in [-0.1, -0.05) is 0 Å². The van der Waals surface area contributed by atoms with Gasteiger partial charge in [0.15, 0.2) is 18.1 Å². The van der Waals surface area contributed by atoms with Crippen molar-refractivity contribution in [3.8, 4) is 11.5 Å². The summed E-state index contributed by atoms with van der Waals surface area (Å²) in [6.45, 7) is 5.29. The molecule has 1 aromatic carbocycles. The first-order chi connectivity index (χ1) is 14.2. The number of hydrogen-bond acceptors (Lipinski definition) is 5. The number of carbonyl (C=O) groups is 2. The Morgan fingerprint density at radius 2 is 1.97 bits per heavy atom. The Balaban J connectivity index is 1.54. The molecule has 1 N–H and O–H groups in total. The molecule has 3 rings (SSSR count). The van der Waals surface area contributed by atoms with Crippen LogP contribution in [0.25, 0.3) is 0 Å². The van der Waals surface area contributed by atoms with Gasteiger partial charge in [-0.25, -0.2) is 0 Å². The van der Waals surface area contributed by atoms with E-state index in [1.165, 1.54) is 6.42 Å². The van der Waals surface area contributed by atoms with Crippen molar-refractivity contribution in [3.63, 3.8) is 0 Å². The number of rotatable bonds is 9. The van der Waals surface area contributed by atoms with Crippen LogP contribution in [0.2, 0.25) is 0 Å². The molecular formula is C22H32N2O5. The van der Waals surface area contributed by atoms with Crippen LogP contribution in [-0.2, 0) is 9.53 Å². The van der Waals surface area contributed by atoms with Crippen LogP contribution in [0.1, 0.15) is 55.8 Å². The summed E-state index contributed by atoms with van der Waals surface area (Å²) in [5.41, 5.74) is 0.510. The molecule has 0 spiro atoms. The minimum atomic E-state index is -0.153. The van der Waals surface area contributed by atoms with E-state index >= 15 is 0 Å². The summed E-state index contributed by atoms with van der Waals surface area (Å²) in [7, 11) is 0. The summed E-state index contributed by atoms with van der Waals surface area (Å²) in [6, 6.07) is 5.07. The quantitative estimate of drug-likeness (QED) is 0.685. The van der Waals surface area contributed by atoms with Crippen LogP contribution in [0.4, 0.5) is 0 Å². The van der Waals surface area contributed by atoms with Crippen molar-refractivity contribution in [1.29, 1.82) is 0 Å². The smallest absolute Gasteiger partial charge is 0.260 e. The van der Waals surface area contributed by atoms with Gasteiger partial charge in [-0.2, -0.15) is 0 Å². The van der Waals surface area contributed by atoms with E-state index in [-0.39, 0.29) is 24.5 Å². The number of piperidine rings is 1. The number of carbonyl (C=O) groups excluding carboxylic acids is 2. The first-order valence-corrected chi connectivity index (χ1v) is 10.7. The van der Waals surface area contributed by atoms with Crippen LogP contribution >= 0.6 is 0 Å². The minimum absolute atomic E-state index is 0.0110. The fraction of sp³-hybridized carbons (Fsp3) is 0.636. The second-order valence-electron chi connectivity index (χ2n) is 7.50. The highest BCUT2D eigenvalue weighted by Crippen LogP contribution is 2.29. The number of amides is 2. The molecule has 2 aliphatic heterocycles. The number of benzene rings is 1. The van der Waals surface area contributed by atoms with Crippen molar-refractivity contribution < 1.29 is 23.8 Å². The van der Waals surface area contributed by atoms with Crippen molar-refractivity contribution in [2.45, 2.75) is 51.6 Å². The van der Waals surface area contributed by atoms with Gasteiger partial charge in [0.1, 0.15) is 0 Å². The molecule has 1 aromatic rings. The van der Waals surface area contributed by atoms with E-state index in [0.717, 1.165) is 51.8 Å². The molecule has 2 amide bonds. The topological polar surface area (TPSA) is 77.1 Å². The molecule has 2 fully saturated rings. The van der Waals surface area contributed by atoms with Crippen LogP contribution in [0, 0.1) is 0 Å². The Kier molecular flexibility index (Phi) is 8.16. The highest BCUT2D eigenvalue weighted by molar-refractivity contribution is 5.94. The normalized spacial score (nSPS) is 19.1. The number of ether oxygens (including phenoxy) is 3. The van der Waals surface area contributed by atoms with Crippen LogP contribution in [-0.4, -0.2) is 62.3 Å². The molecule has 1 unspecified atom stereocenters. The maximum atomic E-state index is 12.4. The van der Waals surface area contributed by atoms with Crippen molar-refractivity contribution in [2.75, 3.05) is 39.5 Å². The average Bonchev–Trinajstić information content (AvgIpc) is 3.27. The number of hydrogen-bond donors (Lipinski definition) is 1. The van der Waals surface area contributed by atoms with E-state index < -0.39 is 0 Å². The Morgan fingerprint density at radius 3 is 2.69 bits per heavy atom. The van der Waals surface area contributed by atoms with Crippen LogP contribution < -0.4 is 14.8 Å². The molecule has 2 aliphatic rings. The lowest BCUT2D eigenvalue weighted by molar-refractivity contribution is -0.134. The summed E-state index contributed by atoms with van der Waals surface area (Å²) in [5.74, 6) is 0.793. The Bertz CT molecular complexity index is 682. The van der Waals surface area contributed by atoms with Gasteiger partial charge in [0.05, 0.1) is 12.7 Å². The molecule has 0 saturated carbocycles. The molecule has 2 heterocycles. The zero-order valence-electron chi connectivity index (χ0n) is 17.3. The van der Waals surface area contributed by atoms with Crippen molar-refractivity contribution in [1.82, 2.24) is 10.2 Å². The van der Waals surface area contributed by atoms with Crippen LogP contribution in [0.15, 0.2) is 18.2 Å². The van der Waals surface area contributed by atoms with Crippen LogP contribution in [0.5, 0.6) is 11.5 Å². The van der Waals surface area contributed by atoms with Gasteiger partial charge in [0.2, 0.25) is 0 Å². The molecule has 0 aromatic heterocycles. The fourth-order valence-electron chi connectivity index (χ4n) is 3.73. The van der Waals surface area contributed by atoms with Gasteiger partial charge in [0.25, 0.3) is 11.8 Å². The molecule has 7 heteroatoms. The molecule has 1 atom stereocenters. The predicted molar refractivity (Wildman–Crippen MR) is 109 cm³/mol. The van der Waals surface area contributed by atoms with Gasteiger partial charge in [-0.3, -0.25) is 9.59 Å². The highest BCUT2D eigenvalue weighted by atomic mass is 16.5. The van der Waals surface area contributed by atoms with Gasteiger partial charge in [-0.05, 0) is 63.6 Å². The monoisotopic (exact) mass is 404 g/mol. The highest BCUT2D eigenvalue weighted by Gasteiger charge is 2.19. The van der Waals surface area contributed by atoms with Crippen molar-refractivity contribution in [2.24, 2.45) is 0 Å². The lowest BCUT2D eigenvalue weighted by Gasteiger charge is -2.26. The minimum Gasteiger partial charge on any atom is -0.490 e. The third-order valence-corrected chi connectivity index (χ3v) is 5.34. The lowest BCUT2D eigenvalue weighted by Crippen LogP contribution is -2.38. The van der Waals surface area contributed by atoms with E-state index in [1.807, 2.05) is 11.8 Å². The van der Waals surface area contributed by atoms with Gasteiger partial charge in [0, 0.05) is 31.8 Å². The molecule has 0 aliphatic carbocycles. The first kappa shape index (κ1) is 21.4. The summed E-state index contributed by atoms with van der Waals surface area (Å²) >= 11 is 0. The fourth-order valence-corrected chi connectivity index (χ4v) is 3.73. The molecule has 29 heavy (non-hydrogen) atoms. The SMILES string of the molecule is CCOc1cc(C(=O)NCCC2CCCO2)ccc1OCC(=O)N1CCCCC1. The summed E-state index contributed by atoms with van der Waals surface area (Å²) in [4.78, 5) is 26.6. The number of nitrogens with zero attached hydrogens (tertiary/aromatic N) is 1. The predicted octanol–water partition coefficient (Wildman–Crippen LogP) is 2.78. The lowest BCUT2D eigenvalue weighted by atomic mass is 10.1. The third kappa shape index (κ3) is 6.35. The maximum absolute atomic E-state index is 12.4. The molecule has 7 nitrogen and oxygen atoms in total. The van der Waals surface area contributed by atoms with E-state index in [0.29, 0.717) is 30.2 Å². The molecule has 2 saturated heterocycles. The van der Waals surface area contributed by atoms with Crippen molar-refractivity contribution in [3.05, 3.63) is 23.8 Å². The summed E-state index contributed by atoms with van der Waals surface area (Å²) in [6.07, 6.45) is 6.51. The molecular weight excluding hydrogens is 372 g/mol. The molecule has 0 radical (unpaired) electrons. The van der Waals surface area contributed by atoms with E-state index in [9.17, 15) is 9.59 Å². The third-order valence-electron chi connectivity index (χ3n) is 5.34. The molecule has 160 valence electrons. The van der Waals surface area contributed by atoms with Crippen molar-refractivity contribution >= 4 is 11.8 Å².